The van der Waals surface area contributed by atoms with Crippen molar-refractivity contribution in [1.29, 1.82) is 0 Å². The van der Waals surface area contributed by atoms with Crippen LogP contribution in [0.2, 0.25) is 0 Å². The third-order valence-electron chi connectivity index (χ3n) is 4.63. The lowest BCUT2D eigenvalue weighted by Crippen LogP contribution is -2.39. The summed E-state index contributed by atoms with van der Waals surface area (Å²) in [5, 5.41) is 15.5. The molecule has 7 heteroatoms. The Morgan fingerprint density at radius 1 is 1.26 bits per heavy atom. The highest BCUT2D eigenvalue weighted by Gasteiger charge is 2.19. The Hall–Kier alpha value is -2.67. The van der Waals surface area contributed by atoms with Crippen LogP contribution in [0, 0.1) is 0 Å². The molecule has 2 aromatic heterocycles. The zero-order valence-electron chi connectivity index (χ0n) is 16.1. The summed E-state index contributed by atoms with van der Waals surface area (Å²) in [4.78, 5) is 14.5. The van der Waals surface area contributed by atoms with Crippen molar-refractivity contribution in [3.8, 4) is 11.4 Å². The highest BCUT2D eigenvalue weighted by molar-refractivity contribution is 7.07. The molecule has 3 aromatic rings. The van der Waals surface area contributed by atoms with Gasteiger partial charge < -0.3 is 14.8 Å². The summed E-state index contributed by atoms with van der Waals surface area (Å²) >= 11 is 1.67. The van der Waals surface area contributed by atoms with Crippen molar-refractivity contribution in [2.24, 2.45) is 0 Å². The lowest BCUT2D eigenvalue weighted by molar-refractivity contribution is 0.207. The second kappa shape index (κ2) is 8.35. The first-order valence-corrected chi connectivity index (χ1v) is 9.95. The Balaban J connectivity index is 1.77. The first-order valence-electron chi connectivity index (χ1n) is 9.01. The molecule has 2 amide bonds. The van der Waals surface area contributed by atoms with Gasteiger partial charge in [0.05, 0.1) is 5.69 Å². The van der Waals surface area contributed by atoms with Crippen molar-refractivity contribution in [2.45, 2.75) is 39.3 Å². The largest absolute Gasteiger partial charge is 0.325 e. The lowest BCUT2D eigenvalue weighted by Gasteiger charge is -2.25. The Morgan fingerprint density at radius 3 is 2.74 bits per heavy atom. The topological polar surface area (TPSA) is 63.1 Å². The van der Waals surface area contributed by atoms with E-state index in [-0.39, 0.29) is 18.1 Å². The molecule has 6 nitrogen and oxygen atoms in total. The van der Waals surface area contributed by atoms with Crippen LogP contribution in [0.15, 0.2) is 47.4 Å². The van der Waals surface area contributed by atoms with Crippen molar-refractivity contribution < 1.29 is 4.79 Å². The second-order valence-electron chi connectivity index (χ2n) is 6.93. The standard InChI is InChI=1S/C20H25N5OS/c1-14(2)25-13-21-23-19(25)17-7-5-6-8-18(17)22-20(26)24(4)15(3)11-16-9-10-27-12-16/h5-10,12-15H,11H2,1-4H3,(H,22,26). The van der Waals surface area contributed by atoms with E-state index >= 15 is 0 Å². The molecule has 142 valence electrons. The first kappa shape index (κ1) is 19.1. The number of thiophene rings is 1. The van der Waals surface area contributed by atoms with E-state index < -0.39 is 0 Å². The van der Waals surface area contributed by atoms with Gasteiger partial charge in [-0.1, -0.05) is 12.1 Å². The molecule has 1 aromatic carbocycles. The smallest absolute Gasteiger partial charge is 0.321 e. The van der Waals surface area contributed by atoms with Gasteiger partial charge in [0, 0.05) is 24.7 Å². The predicted molar refractivity (Wildman–Crippen MR) is 110 cm³/mol. The van der Waals surface area contributed by atoms with Gasteiger partial charge in [0.15, 0.2) is 5.82 Å². The zero-order chi connectivity index (χ0) is 19.4. The molecule has 0 radical (unpaired) electrons. The van der Waals surface area contributed by atoms with Crippen LogP contribution in [0.25, 0.3) is 11.4 Å². The molecule has 0 aliphatic heterocycles. The van der Waals surface area contributed by atoms with E-state index in [0.29, 0.717) is 0 Å². The quantitative estimate of drug-likeness (QED) is 0.672. The van der Waals surface area contributed by atoms with Crippen molar-refractivity contribution in [3.63, 3.8) is 0 Å². The maximum Gasteiger partial charge on any atom is 0.321 e. The van der Waals surface area contributed by atoms with Gasteiger partial charge in [0.2, 0.25) is 0 Å². The van der Waals surface area contributed by atoms with Crippen LogP contribution in [0.4, 0.5) is 10.5 Å². The summed E-state index contributed by atoms with van der Waals surface area (Å²) in [6.07, 6.45) is 2.55. The molecule has 0 bridgehead atoms. The van der Waals surface area contributed by atoms with E-state index in [1.165, 1.54) is 5.56 Å². The Bertz CT molecular complexity index is 887. The number of rotatable bonds is 6. The number of carbonyl (C=O) groups excluding carboxylic acids is 1. The third-order valence-corrected chi connectivity index (χ3v) is 5.36. The molecule has 0 saturated carbocycles. The van der Waals surface area contributed by atoms with Gasteiger partial charge >= 0.3 is 6.03 Å². The molecule has 1 atom stereocenters. The van der Waals surface area contributed by atoms with Gasteiger partial charge in [-0.2, -0.15) is 11.3 Å². The molecule has 0 saturated heterocycles. The number of nitrogens with zero attached hydrogens (tertiary/aromatic N) is 4. The summed E-state index contributed by atoms with van der Waals surface area (Å²) in [5.74, 6) is 0.745. The molecule has 0 fully saturated rings. The molecule has 1 N–H and O–H groups in total. The van der Waals surface area contributed by atoms with Gasteiger partial charge in [-0.25, -0.2) is 4.79 Å². The fourth-order valence-corrected chi connectivity index (χ4v) is 3.57. The molecule has 27 heavy (non-hydrogen) atoms. The van der Waals surface area contributed by atoms with Crippen LogP contribution in [-0.4, -0.2) is 38.8 Å². The minimum atomic E-state index is -0.138. The van der Waals surface area contributed by atoms with Gasteiger partial charge in [0.25, 0.3) is 0 Å². The molecule has 2 heterocycles. The van der Waals surface area contributed by atoms with Crippen LogP contribution >= 0.6 is 11.3 Å². The number of carbonyl (C=O) groups is 1. The third kappa shape index (κ3) is 4.36. The van der Waals surface area contributed by atoms with E-state index in [1.54, 1.807) is 22.6 Å². The van der Waals surface area contributed by atoms with E-state index in [4.69, 9.17) is 0 Å². The molecular formula is C20H25N5OS. The number of anilines is 1. The van der Waals surface area contributed by atoms with Crippen molar-refractivity contribution in [3.05, 3.63) is 53.0 Å². The van der Waals surface area contributed by atoms with Crippen LogP contribution in [0.1, 0.15) is 32.4 Å². The van der Waals surface area contributed by atoms with E-state index in [9.17, 15) is 4.79 Å². The summed E-state index contributed by atoms with van der Waals surface area (Å²) in [6.45, 7) is 6.21. The minimum absolute atomic E-state index is 0.0890. The van der Waals surface area contributed by atoms with Crippen LogP contribution < -0.4 is 5.32 Å². The molecular weight excluding hydrogens is 358 g/mol. The van der Waals surface area contributed by atoms with Crippen molar-refractivity contribution in [2.75, 3.05) is 12.4 Å². The summed E-state index contributed by atoms with van der Waals surface area (Å²) in [6, 6.07) is 9.97. The highest BCUT2D eigenvalue weighted by Crippen LogP contribution is 2.28. The maximum absolute atomic E-state index is 12.8. The van der Waals surface area contributed by atoms with E-state index in [0.717, 1.165) is 23.5 Å². The van der Waals surface area contributed by atoms with Gasteiger partial charge in [-0.05, 0) is 61.7 Å². The molecule has 1 unspecified atom stereocenters. The number of nitrogens with one attached hydrogen (secondary N) is 1. The molecule has 0 spiro atoms. The average Bonchev–Trinajstić information content (AvgIpc) is 3.33. The lowest BCUT2D eigenvalue weighted by atomic mass is 10.1. The summed E-state index contributed by atoms with van der Waals surface area (Å²) < 4.78 is 1.99. The van der Waals surface area contributed by atoms with Crippen LogP contribution in [-0.2, 0) is 6.42 Å². The fourth-order valence-electron chi connectivity index (χ4n) is 2.89. The summed E-state index contributed by atoms with van der Waals surface area (Å²) in [7, 11) is 1.83. The molecule has 3 rings (SSSR count). The van der Waals surface area contributed by atoms with Crippen molar-refractivity contribution >= 4 is 23.1 Å². The van der Waals surface area contributed by atoms with E-state index in [1.807, 2.05) is 35.9 Å². The number of para-hydroxylation sites is 1. The Morgan fingerprint density at radius 2 is 2.04 bits per heavy atom. The number of hydrogen-bond donors (Lipinski definition) is 1. The van der Waals surface area contributed by atoms with Gasteiger partial charge in [0.1, 0.15) is 6.33 Å². The predicted octanol–water partition coefficient (Wildman–Crippen LogP) is 4.68. The zero-order valence-corrected chi connectivity index (χ0v) is 16.9. The molecule has 0 aliphatic rings. The Kier molecular flexibility index (Phi) is 5.91. The van der Waals surface area contributed by atoms with Crippen LogP contribution in [0.5, 0.6) is 0 Å². The van der Waals surface area contributed by atoms with Gasteiger partial charge in [-0.15, -0.1) is 10.2 Å². The monoisotopic (exact) mass is 383 g/mol. The summed E-state index contributed by atoms with van der Waals surface area (Å²) in [5.41, 5.74) is 2.83. The average molecular weight is 384 g/mol. The normalized spacial score (nSPS) is 12.2. The number of hydrogen-bond acceptors (Lipinski definition) is 4. The molecule has 0 aliphatic carbocycles. The van der Waals surface area contributed by atoms with Gasteiger partial charge in [-0.3, -0.25) is 0 Å². The number of amides is 2. The maximum atomic E-state index is 12.8. The van der Waals surface area contributed by atoms with E-state index in [2.05, 4.69) is 53.1 Å². The van der Waals surface area contributed by atoms with Crippen molar-refractivity contribution in [1.82, 2.24) is 19.7 Å². The number of benzene rings is 1. The highest BCUT2D eigenvalue weighted by atomic mass is 32.1. The fraction of sp³-hybridized carbons (Fsp3) is 0.350. The Labute approximate surface area is 163 Å². The number of urea groups is 1. The van der Waals surface area contributed by atoms with Crippen LogP contribution in [0.3, 0.4) is 0 Å². The first-order chi connectivity index (χ1) is 13.0. The number of aromatic nitrogens is 3. The second-order valence-corrected chi connectivity index (χ2v) is 7.71. The minimum Gasteiger partial charge on any atom is -0.325 e. The SMILES string of the molecule is CC(Cc1ccsc1)N(C)C(=O)Nc1ccccc1-c1nncn1C(C)C. The number of likely N-dealkylation sites (N-methyl/N-ethyl adjacent to an activating group) is 1.